The second kappa shape index (κ2) is 6.12. The summed E-state index contributed by atoms with van der Waals surface area (Å²) in [6, 6.07) is 6.39. The van der Waals surface area contributed by atoms with E-state index in [9.17, 15) is 14.4 Å². The summed E-state index contributed by atoms with van der Waals surface area (Å²) in [5.74, 6) is -1.22. The molecule has 0 bridgehead atoms. The van der Waals surface area contributed by atoms with Crippen LogP contribution in [0.5, 0.6) is 0 Å². The molecule has 104 valence electrons. The Balaban J connectivity index is 2.00. The lowest BCUT2D eigenvalue weighted by Gasteiger charge is -2.13. The van der Waals surface area contributed by atoms with Crippen LogP contribution in [0.3, 0.4) is 0 Å². The summed E-state index contributed by atoms with van der Waals surface area (Å²) in [5, 5.41) is 8.56. The molecule has 1 N–H and O–H groups in total. The minimum absolute atomic E-state index is 0.0525. The van der Waals surface area contributed by atoms with Gasteiger partial charge in [-0.15, -0.1) is 0 Å². The maximum atomic E-state index is 11.5. The van der Waals surface area contributed by atoms with Crippen molar-refractivity contribution in [1.29, 1.82) is 0 Å². The maximum Gasteiger partial charge on any atom is 0.338 e. The standard InChI is InChI=1S/C14H13NO5/c16-7-8-20-14(19)11-3-1-10(2-4-11)9-15-12(17)5-6-13(15)18/h1-6,16H,7-9H2. The Morgan fingerprint density at radius 3 is 2.25 bits per heavy atom. The molecule has 2 rings (SSSR count). The van der Waals surface area contributed by atoms with E-state index in [0.717, 1.165) is 10.5 Å². The first-order valence-electron chi connectivity index (χ1n) is 6.02. The number of amides is 2. The van der Waals surface area contributed by atoms with E-state index in [1.165, 1.54) is 12.2 Å². The van der Waals surface area contributed by atoms with Crippen LogP contribution in [0.25, 0.3) is 0 Å². The topological polar surface area (TPSA) is 83.9 Å². The Morgan fingerprint density at radius 1 is 1.10 bits per heavy atom. The molecule has 1 aliphatic heterocycles. The zero-order valence-corrected chi connectivity index (χ0v) is 10.6. The Bertz CT molecular complexity index is 543. The van der Waals surface area contributed by atoms with E-state index in [1.54, 1.807) is 24.3 Å². The maximum absolute atomic E-state index is 11.5. The summed E-state index contributed by atoms with van der Waals surface area (Å²) < 4.78 is 4.77. The van der Waals surface area contributed by atoms with Crippen molar-refractivity contribution < 1.29 is 24.2 Å². The first kappa shape index (κ1) is 14.0. The lowest BCUT2D eigenvalue weighted by atomic mass is 10.1. The zero-order chi connectivity index (χ0) is 14.5. The fourth-order valence-corrected chi connectivity index (χ4v) is 1.74. The lowest BCUT2D eigenvalue weighted by Crippen LogP contribution is -2.29. The van der Waals surface area contributed by atoms with Gasteiger partial charge in [0.05, 0.1) is 18.7 Å². The minimum Gasteiger partial charge on any atom is -0.460 e. The van der Waals surface area contributed by atoms with Crippen molar-refractivity contribution in [3.05, 3.63) is 47.5 Å². The molecular weight excluding hydrogens is 262 g/mol. The lowest BCUT2D eigenvalue weighted by molar-refractivity contribution is -0.137. The number of aliphatic hydroxyl groups excluding tert-OH is 1. The fourth-order valence-electron chi connectivity index (χ4n) is 1.74. The highest BCUT2D eigenvalue weighted by Crippen LogP contribution is 2.12. The molecule has 2 amide bonds. The first-order valence-corrected chi connectivity index (χ1v) is 6.02. The molecule has 0 atom stereocenters. The van der Waals surface area contributed by atoms with E-state index in [-0.39, 0.29) is 31.6 Å². The van der Waals surface area contributed by atoms with Crippen molar-refractivity contribution in [1.82, 2.24) is 4.90 Å². The minimum atomic E-state index is -0.527. The van der Waals surface area contributed by atoms with Crippen molar-refractivity contribution in [2.24, 2.45) is 0 Å². The van der Waals surface area contributed by atoms with Crippen molar-refractivity contribution in [3.63, 3.8) is 0 Å². The third-order valence-corrected chi connectivity index (χ3v) is 2.76. The number of ether oxygens (including phenoxy) is 1. The molecule has 1 aromatic rings. The number of carbonyl (C=O) groups is 3. The molecule has 6 nitrogen and oxygen atoms in total. The first-order chi connectivity index (χ1) is 9.61. The molecule has 0 saturated carbocycles. The van der Waals surface area contributed by atoms with Gasteiger partial charge in [0.15, 0.2) is 0 Å². The van der Waals surface area contributed by atoms with Gasteiger partial charge in [0, 0.05) is 12.2 Å². The smallest absolute Gasteiger partial charge is 0.338 e. The Hall–Kier alpha value is -2.47. The molecular formula is C14H13NO5. The van der Waals surface area contributed by atoms with Crippen LogP contribution in [-0.2, 0) is 20.9 Å². The number of hydrogen-bond acceptors (Lipinski definition) is 5. The number of hydrogen-bond donors (Lipinski definition) is 1. The Kier molecular flexibility index (Phi) is 4.27. The summed E-state index contributed by atoms with van der Waals surface area (Å²) in [6.45, 7) is -0.115. The van der Waals surface area contributed by atoms with Crippen molar-refractivity contribution in [2.45, 2.75) is 6.54 Å². The van der Waals surface area contributed by atoms with Gasteiger partial charge in [0.2, 0.25) is 0 Å². The normalized spacial score (nSPS) is 13.9. The van der Waals surface area contributed by atoms with Gasteiger partial charge < -0.3 is 9.84 Å². The van der Waals surface area contributed by atoms with Gasteiger partial charge >= 0.3 is 5.97 Å². The van der Waals surface area contributed by atoms with Crippen LogP contribution in [0.1, 0.15) is 15.9 Å². The van der Waals surface area contributed by atoms with Gasteiger partial charge in [-0.05, 0) is 17.7 Å². The van der Waals surface area contributed by atoms with Crippen molar-refractivity contribution in [2.75, 3.05) is 13.2 Å². The van der Waals surface area contributed by atoms with Gasteiger partial charge in [-0.2, -0.15) is 0 Å². The van der Waals surface area contributed by atoms with Gasteiger partial charge in [-0.3, -0.25) is 14.5 Å². The molecule has 1 heterocycles. The van der Waals surface area contributed by atoms with Gasteiger partial charge in [-0.25, -0.2) is 4.79 Å². The number of benzene rings is 1. The Morgan fingerprint density at radius 2 is 1.70 bits per heavy atom. The summed E-state index contributed by atoms with van der Waals surface area (Å²) in [6.07, 6.45) is 2.45. The number of rotatable bonds is 5. The molecule has 0 unspecified atom stereocenters. The van der Waals surface area contributed by atoms with Crippen LogP contribution < -0.4 is 0 Å². The third-order valence-electron chi connectivity index (χ3n) is 2.76. The number of nitrogens with zero attached hydrogens (tertiary/aromatic N) is 1. The van der Waals surface area contributed by atoms with Crippen LogP contribution in [-0.4, -0.2) is 41.0 Å². The second-order valence-electron chi connectivity index (χ2n) is 4.15. The molecule has 0 radical (unpaired) electrons. The van der Waals surface area contributed by atoms with Crippen LogP contribution in [0.4, 0.5) is 0 Å². The average molecular weight is 275 g/mol. The van der Waals surface area contributed by atoms with E-state index < -0.39 is 5.97 Å². The van der Waals surface area contributed by atoms with Crippen molar-refractivity contribution in [3.8, 4) is 0 Å². The highest BCUT2D eigenvalue weighted by molar-refractivity contribution is 6.12. The predicted molar refractivity (Wildman–Crippen MR) is 68.5 cm³/mol. The molecule has 0 spiro atoms. The number of imide groups is 1. The van der Waals surface area contributed by atoms with Crippen LogP contribution in [0, 0.1) is 0 Å². The van der Waals surface area contributed by atoms with E-state index in [4.69, 9.17) is 9.84 Å². The number of carbonyl (C=O) groups excluding carboxylic acids is 3. The monoisotopic (exact) mass is 275 g/mol. The van der Waals surface area contributed by atoms with Gasteiger partial charge in [0.25, 0.3) is 11.8 Å². The third kappa shape index (κ3) is 3.10. The van der Waals surface area contributed by atoms with E-state index in [0.29, 0.717) is 5.56 Å². The summed E-state index contributed by atoms with van der Waals surface area (Å²) in [7, 11) is 0. The Labute approximate surface area is 115 Å². The molecule has 0 fully saturated rings. The molecule has 0 aliphatic carbocycles. The highest BCUT2D eigenvalue weighted by atomic mass is 16.5. The highest BCUT2D eigenvalue weighted by Gasteiger charge is 2.23. The van der Waals surface area contributed by atoms with Crippen LogP contribution in [0.15, 0.2) is 36.4 Å². The largest absolute Gasteiger partial charge is 0.460 e. The molecule has 6 heteroatoms. The molecule has 0 saturated heterocycles. The molecule has 1 aliphatic rings. The number of esters is 1. The van der Waals surface area contributed by atoms with Crippen molar-refractivity contribution >= 4 is 17.8 Å². The number of aliphatic hydroxyl groups is 1. The summed E-state index contributed by atoms with van der Waals surface area (Å²) in [5.41, 5.74) is 1.08. The molecule has 1 aromatic carbocycles. The molecule has 20 heavy (non-hydrogen) atoms. The van der Waals surface area contributed by atoms with Gasteiger partial charge in [0.1, 0.15) is 6.61 Å². The summed E-state index contributed by atoms with van der Waals surface area (Å²) in [4.78, 5) is 35.4. The summed E-state index contributed by atoms with van der Waals surface area (Å²) >= 11 is 0. The molecule has 0 aromatic heterocycles. The van der Waals surface area contributed by atoms with Crippen LogP contribution >= 0.6 is 0 Å². The zero-order valence-electron chi connectivity index (χ0n) is 10.6. The van der Waals surface area contributed by atoms with E-state index in [2.05, 4.69) is 0 Å². The predicted octanol–water partition coefficient (Wildman–Crippen LogP) is 0.261. The van der Waals surface area contributed by atoms with E-state index in [1.807, 2.05) is 0 Å². The second-order valence-corrected chi connectivity index (χ2v) is 4.15. The fraction of sp³-hybridized carbons (Fsp3) is 0.214. The van der Waals surface area contributed by atoms with Crippen LogP contribution in [0.2, 0.25) is 0 Å². The quantitative estimate of drug-likeness (QED) is 0.615. The van der Waals surface area contributed by atoms with Gasteiger partial charge in [-0.1, -0.05) is 12.1 Å². The average Bonchev–Trinajstić information content (AvgIpc) is 2.77. The van der Waals surface area contributed by atoms with E-state index >= 15 is 0 Å². The SMILES string of the molecule is O=C(OCCO)c1ccc(CN2C(=O)C=CC2=O)cc1.